The van der Waals surface area contributed by atoms with E-state index in [1.165, 1.54) is 0 Å². The van der Waals surface area contributed by atoms with Crippen molar-refractivity contribution in [2.75, 3.05) is 0 Å². The fraction of sp³-hybridized carbons (Fsp3) is 0. The number of hydrogen-bond acceptors (Lipinski definition) is 4. The van der Waals surface area contributed by atoms with Gasteiger partial charge < -0.3 is 9.11 Å². The Balaban J connectivity index is -0.0000000800. The van der Waals surface area contributed by atoms with Crippen LogP contribution in [0.4, 0.5) is 0 Å². The summed E-state index contributed by atoms with van der Waals surface area (Å²) in [6, 6.07) is 0. The predicted molar refractivity (Wildman–Crippen MR) is 17.7 cm³/mol. The molecule has 0 heterocycles. The topological polar surface area (TPSA) is 80.3 Å². The van der Waals surface area contributed by atoms with Crippen molar-refractivity contribution in [1.82, 2.24) is 0 Å². The minimum absolute atomic E-state index is 0. The summed E-state index contributed by atoms with van der Waals surface area (Å²) in [5.41, 5.74) is 0. The molecule has 0 aromatic heterocycles. The smallest absolute Gasteiger partial charge is 0.759 e. The molecule has 0 spiro atoms. The van der Waals surface area contributed by atoms with Gasteiger partial charge in [0.05, 0.1) is 0 Å². The zero-order valence-electron chi connectivity index (χ0n) is 2.77. The molecule has 0 bridgehead atoms. The van der Waals surface area contributed by atoms with E-state index in [2.05, 4.69) is 0 Å². The Morgan fingerprint density at radius 1 is 1.14 bits per heavy atom. The van der Waals surface area contributed by atoms with Crippen LogP contribution in [0, 0.1) is 0 Å². The van der Waals surface area contributed by atoms with Crippen LogP contribution in [0.15, 0.2) is 0 Å². The minimum Gasteiger partial charge on any atom is -0.759 e. The molecule has 48 valence electrons. The van der Waals surface area contributed by atoms with Gasteiger partial charge in [0.25, 0.3) is 0 Å². The number of halogens is 1. The summed E-state index contributed by atoms with van der Waals surface area (Å²) in [6.45, 7) is 0. The maximum atomic E-state index is 8.52. The summed E-state index contributed by atoms with van der Waals surface area (Å²) >= 11 is 0. The maximum absolute atomic E-state index is 8.52. The molecule has 0 aliphatic rings. The first-order valence-electron chi connectivity index (χ1n) is 0.667. The van der Waals surface area contributed by atoms with Crippen LogP contribution in [0.1, 0.15) is 0 Å². The second-order valence-electron chi connectivity index (χ2n) is 0.408. The van der Waals surface area contributed by atoms with Crippen molar-refractivity contribution in [1.29, 1.82) is 0 Å². The van der Waals surface area contributed by atoms with Crippen LogP contribution in [0.3, 0.4) is 0 Å². The van der Waals surface area contributed by atoms with Crippen molar-refractivity contribution in [3.8, 4) is 0 Å². The Labute approximate surface area is 57.2 Å². The van der Waals surface area contributed by atoms with Crippen molar-refractivity contribution >= 4 is 22.8 Å². The summed E-state index contributed by atoms with van der Waals surface area (Å²) in [7, 11) is -5.17. The molecule has 0 atom stereocenters. The molecule has 0 amide bonds. The van der Waals surface area contributed by atoms with Crippen LogP contribution >= 0.6 is 12.4 Å². The van der Waals surface area contributed by atoms with Gasteiger partial charge in [-0.2, -0.15) is 0 Å². The molecular weight excluding hydrogens is 190 g/mol. The van der Waals surface area contributed by atoms with Gasteiger partial charge in [-0.15, -0.1) is 12.4 Å². The van der Waals surface area contributed by atoms with Crippen molar-refractivity contribution in [2.24, 2.45) is 0 Å². The second kappa shape index (κ2) is 4.80. The average molecular weight is 191 g/mol. The van der Waals surface area contributed by atoms with E-state index in [9.17, 15) is 0 Å². The van der Waals surface area contributed by atoms with Crippen LogP contribution in [-0.2, 0) is 26.9 Å². The molecule has 0 radical (unpaired) electrons. The number of hydrogen-bond donors (Lipinski definition) is 0. The molecule has 0 N–H and O–H groups in total. The fourth-order valence-corrected chi connectivity index (χ4v) is 0. The van der Waals surface area contributed by atoms with Gasteiger partial charge in [0.15, 0.2) is 0 Å². The third-order valence-corrected chi connectivity index (χ3v) is 0. The number of rotatable bonds is 0. The zero-order valence-corrected chi connectivity index (χ0v) is 5.39. The fourth-order valence-electron chi connectivity index (χ4n) is 0. The quantitative estimate of drug-likeness (QED) is 0.282. The van der Waals surface area contributed by atoms with Gasteiger partial charge >= 0.3 is 16.5 Å². The van der Waals surface area contributed by atoms with Gasteiger partial charge in [-0.25, -0.2) is 0 Å². The Morgan fingerprint density at radius 2 is 1.14 bits per heavy atom. The summed E-state index contributed by atoms with van der Waals surface area (Å²) < 4.78 is 34.1. The summed E-state index contributed by atoms with van der Waals surface area (Å²) in [5, 5.41) is 0. The van der Waals surface area contributed by atoms with Gasteiger partial charge in [0, 0.05) is 10.4 Å². The molecule has 0 unspecified atom stereocenters. The van der Waals surface area contributed by atoms with Gasteiger partial charge in [-0.05, 0) is 0 Å². The molecule has 0 rings (SSSR count). The van der Waals surface area contributed by atoms with Gasteiger partial charge in [-0.1, -0.05) is 0 Å². The molecule has 0 fully saturated rings. The van der Waals surface area contributed by atoms with Crippen LogP contribution in [0.5, 0.6) is 0 Å². The van der Waals surface area contributed by atoms with Crippen LogP contribution in [-0.4, -0.2) is 17.5 Å². The molecule has 7 heteroatoms. The first kappa shape index (κ1) is 15.6. The third-order valence-electron chi connectivity index (χ3n) is 0. The van der Waals surface area contributed by atoms with Crippen molar-refractivity contribution in [3.05, 3.63) is 0 Å². The molecule has 0 saturated heterocycles. The van der Waals surface area contributed by atoms with Gasteiger partial charge in [-0.3, -0.25) is 8.42 Å². The SMILES string of the molecule is Cl.O=S(=O)([O-])[O-].[Ni+2]. The maximum Gasteiger partial charge on any atom is 2.00 e. The monoisotopic (exact) mass is 190 g/mol. The van der Waals surface area contributed by atoms with E-state index in [0.717, 1.165) is 0 Å². The Morgan fingerprint density at radius 3 is 1.14 bits per heavy atom. The first-order chi connectivity index (χ1) is 2.00. The van der Waals surface area contributed by atoms with E-state index in [1.807, 2.05) is 0 Å². The van der Waals surface area contributed by atoms with E-state index < -0.39 is 10.4 Å². The second-order valence-corrected chi connectivity index (χ2v) is 1.22. The van der Waals surface area contributed by atoms with Crippen LogP contribution in [0.2, 0.25) is 0 Å². The summed E-state index contributed by atoms with van der Waals surface area (Å²) in [6.07, 6.45) is 0. The van der Waals surface area contributed by atoms with Crippen LogP contribution in [0.25, 0.3) is 0 Å². The van der Waals surface area contributed by atoms with Crippen LogP contribution < -0.4 is 0 Å². The first-order valence-corrected chi connectivity index (χ1v) is 2.00. The summed E-state index contributed by atoms with van der Waals surface area (Å²) in [5.74, 6) is 0. The van der Waals surface area contributed by atoms with E-state index >= 15 is 0 Å². The molecule has 7 heavy (non-hydrogen) atoms. The van der Waals surface area contributed by atoms with Gasteiger partial charge in [0.1, 0.15) is 0 Å². The van der Waals surface area contributed by atoms with E-state index in [-0.39, 0.29) is 28.9 Å². The molecular formula is HClNiO4S. The Hall–Kier alpha value is 0.654. The molecule has 0 aromatic rings. The molecule has 0 saturated carbocycles. The Kier molecular flexibility index (Phi) is 10.7. The average Bonchev–Trinajstić information content (AvgIpc) is 0.722. The minimum atomic E-state index is -5.17. The Bertz CT molecular complexity index is 94.9. The van der Waals surface area contributed by atoms with E-state index in [0.29, 0.717) is 0 Å². The molecule has 0 aromatic carbocycles. The third kappa shape index (κ3) is 337. The van der Waals surface area contributed by atoms with Crippen molar-refractivity contribution in [3.63, 3.8) is 0 Å². The zero-order chi connectivity index (χ0) is 4.50. The molecule has 0 aliphatic carbocycles. The van der Waals surface area contributed by atoms with Crippen molar-refractivity contribution < 1.29 is 34.0 Å². The molecule has 4 nitrogen and oxygen atoms in total. The normalized spacial score (nSPS) is 8.29. The standard InChI is InChI=1S/ClH.Ni.H2O4S/c;;1-5(2,3)4/h1H;;(H2,1,2,3,4)/q;+2;/p-2. The van der Waals surface area contributed by atoms with E-state index in [4.69, 9.17) is 17.5 Å². The van der Waals surface area contributed by atoms with Crippen molar-refractivity contribution in [2.45, 2.75) is 0 Å². The predicted octanol–water partition coefficient (Wildman–Crippen LogP) is -0.919. The molecule has 0 aliphatic heterocycles. The summed E-state index contributed by atoms with van der Waals surface area (Å²) in [4.78, 5) is 0. The largest absolute Gasteiger partial charge is 2.00 e. The van der Waals surface area contributed by atoms with E-state index in [1.54, 1.807) is 0 Å². The van der Waals surface area contributed by atoms with Gasteiger partial charge in [0.2, 0.25) is 0 Å².